The van der Waals surface area contributed by atoms with Crippen molar-refractivity contribution in [2.24, 2.45) is 0 Å². The van der Waals surface area contributed by atoms with Crippen LogP contribution in [-0.2, 0) is 9.53 Å². The summed E-state index contributed by atoms with van der Waals surface area (Å²) in [4.78, 5) is 11.2. The van der Waals surface area contributed by atoms with Gasteiger partial charge in [-0.25, -0.2) is 0 Å². The van der Waals surface area contributed by atoms with Gasteiger partial charge in [0.25, 0.3) is 5.91 Å². The van der Waals surface area contributed by atoms with Crippen LogP contribution in [0.4, 0.5) is 0 Å². The van der Waals surface area contributed by atoms with E-state index in [-0.39, 0.29) is 29.2 Å². The molecule has 0 bridgehead atoms. The number of rotatable bonds is 2. The minimum absolute atomic E-state index is 0.0387. The second-order valence-electron chi connectivity index (χ2n) is 3.80. The summed E-state index contributed by atoms with van der Waals surface area (Å²) in [7, 11) is 0. The topological polar surface area (TPSA) is 38.3 Å². The van der Waals surface area contributed by atoms with Crippen molar-refractivity contribution in [2.75, 3.05) is 0 Å². The number of carbonyl (C=O) groups excluding carboxylic acids is 1. The Morgan fingerprint density at radius 3 is 2.36 bits per heavy atom. The number of ether oxygens (including phenoxy) is 1. The zero-order chi connectivity index (χ0) is 10.7. The van der Waals surface area contributed by atoms with Crippen LogP contribution in [0.1, 0.15) is 26.7 Å². The molecule has 14 heavy (non-hydrogen) atoms. The largest absolute Gasteiger partial charge is 0.375 e. The van der Waals surface area contributed by atoms with Gasteiger partial charge in [0.1, 0.15) is 0 Å². The molecule has 0 radical (unpaired) electrons. The first kappa shape index (κ1) is 11.5. The van der Waals surface area contributed by atoms with E-state index in [2.05, 4.69) is 11.9 Å². The standard InChI is InChI=1S/C10H16ClNO2/c1-6-4-9(5-7(2)14-6)12-10(13)8(3)11/h6-7,9H,3-5H2,1-2H3,(H,12,13). The zero-order valence-electron chi connectivity index (χ0n) is 8.55. The van der Waals surface area contributed by atoms with Gasteiger partial charge < -0.3 is 10.1 Å². The Kier molecular flexibility index (Phi) is 3.96. The van der Waals surface area contributed by atoms with Gasteiger partial charge in [0, 0.05) is 6.04 Å². The number of amides is 1. The Morgan fingerprint density at radius 1 is 1.43 bits per heavy atom. The molecule has 1 heterocycles. The maximum absolute atomic E-state index is 11.2. The number of carbonyl (C=O) groups is 1. The molecular formula is C10H16ClNO2. The third kappa shape index (κ3) is 3.31. The number of halogens is 1. The lowest BCUT2D eigenvalue weighted by atomic mass is 10.00. The minimum Gasteiger partial charge on any atom is -0.375 e. The van der Waals surface area contributed by atoms with Crippen LogP contribution >= 0.6 is 11.6 Å². The van der Waals surface area contributed by atoms with Gasteiger partial charge in [0.05, 0.1) is 17.2 Å². The van der Waals surface area contributed by atoms with Crippen molar-refractivity contribution in [3.63, 3.8) is 0 Å². The maximum Gasteiger partial charge on any atom is 0.262 e. The van der Waals surface area contributed by atoms with Crippen LogP contribution in [0.25, 0.3) is 0 Å². The first-order valence-electron chi connectivity index (χ1n) is 4.79. The first-order valence-corrected chi connectivity index (χ1v) is 5.17. The van der Waals surface area contributed by atoms with Gasteiger partial charge in [-0.05, 0) is 26.7 Å². The number of nitrogens with one attached hydrogen (secondary N) is 1. The van der Waals surface area contributed by atoms with Crippen LogP contribution in [-0.4, -0.2) is 24.2 Å². The van der Waals surface area contributed by atoms with Crippen molar-refractivity contribution in [3.05, 3.63) is 11.6 Å². The molecule has 1 fully saturated rings. The molecule has 2 unspecified atom stereocenters. The highest BCUT2D eigenvalue weighted by Crippen LogP contribution is 2.19. The molecule has 0 spiro atoms. The smallest absolute Gasteiger partial charge is 0.262 e. The van der Waals surface area contributed by atoms with Crippen molar-refractivity contribution < 1.29 is 9.53 Å². The van der Waals surface area contributed by atoms with E-state index in [4.69, 9.17) is 16.3 Å². The zero-order valence-corrected chi connectivity index (χ0v) is 9.30. The molecule has 1 N–H and O–H groups in total. The van der Waals surface area contributed by atoms with Crippen LogP contribution in [0.15, 0.2) is 11.6 Å². The lowest BCUT2D eigenvalue weighted by Crippen LogP contribution is -2.43. The maximum atomic E-state index is 11.2. The Bertz CT molecular complexity index is 232. The van der Waals surface area contributed by atoms with Crippen LogP contribution < -0.4 is 5.32 Å². The van der Waals surface area contributed by atoms with E-state index in [0.29, 0.717) is 0 Å². The van der Waals surface area contributed by atoms with Crippen LogP contribution in [0.2, 0.25) is 0 Å². The molecule has 0 aromatic heterocycles. The molecule has 1 saturated heterocycles. The SMILES string of the molecule is C=C(Cl)C(=O)NC1CC(C)OC(C)C1. The van der Waals surface area contributed by atoms with Crippen molar-refractivity contribution in [3.8, 4) is 0 Å². The normalized spacial score (nSPS) is 32.4. The van der Waals surface area contributed by atoms with Crippen molar-refractivity contribution in [1.82, 2.24) is 5.32 Å². The summed E-state index contributed by atoms with van der Waals surface area (Å²) >= 11 is 5.48. The van der Waals surface area contributed by atoms with Crippen molar-refractivity contribution in [1.29, 1.82) is 0 Å². The minimum atomic E-state index is -0.280. The van der Waals surface area contributed by atoms with Gasteiger partial charge in [-0.3, -0.25) is 4.79 Å². The fraction of sp³-hybridized carbons (Fsp3) is 0.700. The molecule has 3 nitrogen and oxygen atoms in total. The fourth-order valence-corrected chi connectivity index (χ4v) is 1.84. The summed E-state index contributed by atoms with van der Waals surface area (Å²) in [6.45, 7) is 7.39. The predicted molar refractivity (Wildman–Crippen MR) is 56.2 cm³/mol. The van der Waals surface area contributed by atoms with Crippen molar-refractivity contribution >= 4 is 17.5 Å². The second kappa shape index (κ2) is 4.80. The van der Waals surface area contributed by atoms with Crippen molar-refractivity contribution in [2.45, 2.75) is 44.9 Å². The highest BCUT2D eigenvalue weighted by atomic mass is 35.5. The molecule has 0 aliphatic carbocycles. The van der Waals surface area contributed by atoms with Crippen LogP contribution in [0.3, 0.4) is 0 Å². The summed E-state index contributed by atoms with van der Waals surface area (Å²) in [6, 6.07) is 0.150. The van der Waals surface area contributed by atoms with Crippen LogP contribution in [0, 0.1) is 0 Å². The summed E-state index contributed by atoms with van der Waals surface area (Å²) in [5.74, 6) is -0.280. The summed E-state index contributed by atoms with van der Waals surface area (Å²) in [5, 5.41) is 2.87. The molecule has 0 aromatic carbocycles. The molecule has 1 amide bonds. The lowest BCUT2D eigenvalue weighted by Gasteiger charge is -2.32. The van der Waals surface area contributed by atoms with Gasteiger partial charge in [0.15, 0.2) is 0 Å². The molecule has 1 aliphatic heterocycles. The predicted octanol–water partition coefficient (Wildman–Crippen LogP) is 1.81. The van der Waals surface area contributed by atoms with E-state index < -0.39 is 0 Å². The monoisotopic (exact) mass is 217 g/mol. The summed E-state index contributed by atoms with van der Waals surface area (Å²) in [5.41, 5.74) is 0. The Labute approximate surface area is 89.5 Å². The van der Waals surface area contributed by atoms with Gasteiger partial charge in [-0.2, -0.15) is 0 Å². The fourth-order valence-electron chi connectivity index (χ4n) is 1.79. The average molecular weight is 218 g/mol. The van der Waals surface area contributed by atoms with E-state index in [1.54, 1.807) is 0 Å². The number of hydrogen-bond acceptors (Lipinski definition) is 2. The second-order valence-corrected chi connectivity index (χ2v) is 4.26. The highest BCUT2D eigenvalue weighted by Gasteiger charge is 2.25. The molecule has 0 saturated carbocycles. The van der Waals surface area contributed by atoms with Gasteiger partial charge in [0.2, 0.25) is 0 Å². The van der Waals surface area contributed by atoms with E-state index in [1.165, 1.54) is 0 Å². The molecule has 1 rings (SSSR count). The Morgan fingerprint density at radius 2 is 1.93 bits per heavy atom. The third-order valence-corrected chi connectivity index (χ3v) is 2.45. The van der Waals surface area contributed by atoms with E-state index in [0.717, 1.165) is 12.8 Å². The van der Waals surface area contributed by atoms with E-state index in [9.17, 15) is 4.79 Å². The Hall–Kier alpha value is -0.540. The Balaban J connectivity index is 2.44. The van der Waals surface area contributed by atoms with E-state index in [1.807, 2.05) is 13.8 Å². The molecule has 0 aromatic rings. The average Bonchev–Trinajstić information content (AvgIpc) is 2.01. The summed E-state index contributed by atoms with van der Waals surface area (Å²) in [6.07, 6.45) is 2.04. The molecule has 80 valence electrons. The molecule has 1 aliphatic rings. The van der Waals surface area contributed by atoms with E-state index >= 15 is 0 Å². The highest BCUT2D eigenvalue weighted by molar-refractivity contribution is 6.41. The quantitative estimate of drug-likeness (QED) is 0.717. The number of hydrogen-bond donors (Lipinski definition) is 1. The first-order chi connectivity index (χ1) is 6.49. The molecular weight excluding hydrogens is 202 g/mol. The summed E-state index contributed by atoms with van der Waals surface area (Å²) < 4.78 is 5.55. The molecule has 2 atom stereocenters. The van der Waals surface area contributed by atoms with Gasteiger partial charge in [-0.15, -0.1) is 0 Å². The van der Waals surface area contributed by atoms with Crippen LogP contribution in [0.5, 0.6) is 0 Å². The lowest BCUT2D eigenvalue weighted by molar-refractivity contribution is -0.119. The third-order valence-electron chi connectivity index (χ3n) is 2.28. The van der Waals surface area contributed by atoms with Gasteiger partial charge in [-0.1, -0.05) is 18.2 Å². The molecule has 4 heteroatoms. The van der Waals surface area contributed by atoms with Gasteiger partial charge >= 0.3 is 0 Å².